The Morgan fingerprint density at radius 1 is 1.28 bits per heavy atom. The van der Waals surface area contributed by atoms with Crippen LogP contribution < -0.4 is 5.73 Å². The first kappa shape index (κ1) is 13.3. The van der Waals surface area contributed by atoms with Crippen molar-refractivity contribution in [3.63, 3.8) is 0 Å². The number of aromatic nitrogens is 3. The van der Waals surface area contributed by atoms with Gasteiger partial charge in [0.1, 0.15) is 10.1 Å². The van der Waals surface area contributed by atoms with Crippen LogP contribution in [0.15, 0.2) is 28.4 Å². The van der Waals surface area contributed by atoms with Crippen LogP contribution in [0.1, 0.15) is 16.8 Å². The summed E-state index contributed by atoms with van der Waals surface area (Å²) < 4.78 is 0. The second-order valence-corrected chi connectivity index (χ2v) is 5.26. The summed E-state index contributed by atoms with van der Waals surface area (Å²) in [6, 6.07) is 3.65. The first-order valence-corrected chi connectivity index (χ1v) is 6.63. The summed E-state index contributed by atoms with van der Waals surface area (Å²) in [5, 5.41) is 10.6. The van der Waals surface area contributed by atoms with Crippen LogP contribution in [0, 0.1) is 13.8 Å². The molecule has 0 aliphatic heterocycles. The number of nitrogens with two attached hydrogens (primary N) is 1. The maximum Gasteiger partial charge on any atom is 0.130 e. The minimum Gasteiger partial charge on any atom is -0.326 e. The minimum atomic E-state index is 0.443. The third-order valence-electron chi connectivity index (χ3n) is 2.65. The molecule has 4 nitrogen and oxygen atoms in total. The van der Waals surface area contributed by atoms with Crippen LogP contribution in [0.4, 0.5) is 0 Å². The van der Waals surface area contributed by atoms with Crippen molar-refractivity contribution in [2.45, 2.75) is 30.4 Å². The van der Waals surface area contributed by atoms with Gasteiger partial charge in [0.15, 0.2) is 0 Å². The molecular formula is C12H13ClN4S. The number of nitrogens with zero attached hydrogens (tertiary/aromatic N) is 3. The lowest BCUT2D eigenvalue weighted by molar-refractivity contribution is 0.823. The Morgan fingerprint density at radius 3 is 2.67 bits per heavy atom. The third-order valence-corrected chi connectivity index (χ3v) is 3.85. The summed E-state index contributed by atoms with van der Waals surface area (Å²) in [6.07, 6.45) is 1.61. The summed E-state index contributed by atoms with van der Waals surface area (Å²) >= 11 is 7.25. The molecule has 0 aromatic carbocycles. The van der Waals surface area contributed by atoms with Gasteiger partial charge in [-0.25, -0.2) is 4.98 Å². The highest BCUT2D eigenvalue weighted by Gasteiger charge is 2.11. The molecule has 0 saturated heterocycles. The highest BCUT2D eigenvalue weighted by Crippen LogP contribution is 2.29. The summed E-state index contributed by atoms with van der Waals surface area (Å²) in [4.78, 5) is 4.22. The number of hydrogen-bond donors (Lipinski definition) is 1. The Kier molecular flexibility index (Phi) is 4.16. The summed E-state index contributed by atoms with van der Waals surface area (Å²) in [6.45, 7) is 4.38. The highest BCUT2D eigenvalue weighted by atomic mass is 35.5. The predicted molar refractivity (Wildman–Crippen MR) is 72.8 cm³/mol. The van der Waals surface area contributed by atoms with E-state index in [0.717, 1.165) is 26.9 Å². The van der Waals surface area contributed by atoms with Crippen LogP contribution in [-0.2, 0) is 6.54 Å². The van der Waals surface area contributed by atoms with Gasteiger partial charge < -0.3 is 5.73 Å². The molecule has 0 atom stereocenters. The smallest absolute Gasteiger partial charge is 0.130 e. The number of aryl methyl sites for hydroxylation is 1. The molecule has 0 spiro atoms. The average molecular weight is 281 g/mol. The number of halogens is 1. The normalized spacial score (nSPS) is 10.7. The average Bonchev–Trinajstić information content (AvgIpc) is 2.37. The molecule has 0 bridgehead atoms. The molecular weight excluding hydrogens is 268 g/mol. The number of rotatable bonds is 3. The van der Waals surface area contributed by atoms with E-state index in [1.54, 1.807) is 12.3 Å². The van der Waals surface area contributed by atoms with Gasteiger partial charge in [-0.05, 0) is 43.3 Å². The van der Waals surface area contributed by atoms with Crippen LogP contribution in [-0.4, -0.2) is 15.2 Å². The fourth-order valence-corrected chi connectivity index (χ4v) is 2.47. The van der Waals surface area contributed by atoms with Crippen LogP contribution in [0.25, 0.3) is 0 Å². The van der Waals surface area contributed by atoms with Crippen molar-refractivity contribution in [1.29, 1.82) is 0 Å². The van der Waals surface area contributed by atoms with Gasteiger partial charge in [0, 0.05) is 18.3 Å². The molecule has 2 aromatic heterocycles. The third kappa shape index (κ3) is 2.80. The molecule has 6 heteroatoms. The largest absolute Gasteiger partial charge is 0.326 e. The molecule has 18 heavy (non-hydrogen) atoms. The Hall–Kier alpha value is -1.17. The Morgan fingerprint density at radius 2 is 2.06 bits per heavy atom. The summed E-state index contributed by atoms with van der Waals surface area (Å²) in [5.41, 5.74) is 8.79. The van der Waals surface area contributed by atoms with Gasteiger partial charge in [-0.1, -0.05) is 11.6 Å². The van der Waals surface area contributed by atoms with Gasteiger partial charge >= 0.3 is 0 Å². The van der Waals surface area contributed by atoms with Crippen molar-refractivity contribution >= 4 is 23.4 Å². The molecule has 0 amide bonds. The van der Waals surface area contributed by atoms with E-state index in [0.29, 0.717) is 11.6 Å². The Bertz CT molecular complexity index is 557. The molecule has 94 valence electrons. The Labute approximate surface area is 115 Å². The topological polar surface area (TPSA) is 64.7 Å². The zero-order chi connectivity index (χ0) is 13.1. The second-order valence-electron chi connectivity index (χ2n) is 3.81. The molecule has 0 aliphatic rings. The maximum absolute atomic E-state index is 5.80. The lowest BCUT2D eigenvalue weighted by Gasteiger charge is -2.10. The molecule has 0 fully saturated rings. The molecule has 0 aliphatic carbocycles. The molecule has 2 N–H and O–H groups in total. The van der Waals surface area contributed by atoms with Crippen molar-refractivity contribution in [2.75, 3.05) is 0 Å². The highest BCUT2D eigenvalue weighted by molar-refractivity contribution is 7.99. The van der Waals surface area contributed by atoms with E-state index in [9.17, 15) is 0 Å². The zero-order valence-electron chi connectivity index (χ0n) is 10.1. The molecule has 2 aromatic rings. The van der Waals surface area contributed by atoms with Gasteiger partial charge in [-0.2, -0.15) is 5.10 Å². The van der Waals surface area contributed by atoms with Gasteiger partial charge in [0.2, 0.25) is 0 Å². The monoisotopic (exact) mass is 280 g/mol. The first-order valence-electron chi connectivity index (χ1n) is 5.44. The van der Waals surface area contributed by atoms with E-state index in [4.69, 9.17) is 17.3 Å². The quantitative estimate of drug-likeness (QED) is 0.936. The van der Waals surface area contributed by atoms with Crippen molar-refractivity contribution in [3.05, 3.63) is 40.2 Å². The first-order chi connectivity index (χ1) is 8.61. The maximum atomic E-state index is 5.80. The number of hydrogen-bond acceptors (Lipinski definition) is 5. The Balaban J connectivity index is 2.34. The lowest BCUT2D eigenvalue weighted by atomic mass is 10.1. The van der Waals surface area contributed by atoms with Crippen LogP contribution >= 0.6 is 23.4 Å². The van der Waals surface area contributed by atoms with E-state index in [1.807, 2.05) is 19.9 Å². The van der Waals surface area contributed by atoms with Gasteiger partial charge in [0.05, 0.1) is 10.7 Å². The van der Waals surface area contributed by atoms with Gasteiger partial charge in [-0.3, -0.25) is 0 Å². The van der Waals surface area contributed by atoms with E-state index in [1.165, 1.54) is 11.8 Å². The van der Waals surface area contributed by atoms with Gasteiger partial charge in [0.25, 0.3) is 0 Å². The molecule has 2 rings (SSSR count). The van der Waals surface area contributed by atoms with Crippen molar-refractivity contribution in [3.8, 4) is 0 Å². The van der Waals surface area contributed by atoms with E-state index in [2.05, 4.69) is 15.2 Å². The van der Waals surface area contributed by atoms with Crippen molar-refractivity contribution in [1.82, 2.24) is 15.2 Å². The van der Waals surface area contributed by atoms with E-state index in [-0.39, 0.29) is 0 Å². The number of pyridine rings is 1. The fraction of sp³-hybridized carbons (Fsp3) is 0.250. The zero-order valence-corrected chi connectivity index (χ0v) is 11.7. The lowest BCUT2D eigenvalue weighted by Crippen LogP contribution is -2.06. The van der Waals surface area contributed by atoms with Crippen LogP contribution in [0.5, 0.6) is 0 Å². The van der Waals surface area contributed by atoms with Crippen LogP contribution in [0.3, 0.4) is 0 Å². The van der Waals surface area contributed by atoms with Gasteiger partial charge in [-0.15, -0.1) is 5.10 Å². The summed E-state index contributed by atoms with van der Waals surface area (Å²) in [5.74, 6) is 0. The molecule has 2 heterocycles. The standard InChI is InChI=1S/C12H13ClN4S/c1-7-8(2)16-17-12(10(7)5-14)18-11-4-3-9(13)6-15-11/h3-4,6H,5,14H2,1-2H3. The molecule has 0 radical (unpaired) electrons. The molecule has 0 unspecified atom stereocenters. The summed E-state index contributed by atoms with van der Waals surface area (Å²) in [7, 11) is 0. The van der Waals surface area contributed by atoms with Crippen molar-refractivity contribution in [2.24, 2.45) is 5.73 Å². The minimum absolute atomic E-state index is 0.443. The van der Waals surface area contributed by atoms with E-state index < -0.39 is 0 Å². The fourth-order valence-electron chi connectivity index (χ4n) is 1.48. The predicted octanol–water partition coefficient (Wildman–Crippen LogP) is 2.75. The van der Waals surface area contributed by atoms with Crippen LogP contribution in [0.2, 0.25) is 5.02 Å². The van der Waals surface area contributed by atoms with E-state index >= 15 is 0 Å². The second kappa shape index (κ2) is 5.65. The van der Waals surface area contributed by atoms with Crippen molar-refractivity contribution < 1.29 is 0 Å². The molecule has 0 saturated carbocycles. The SMILES string of the molecule is Cc1nnc(Sc2ccc(Cl)cn2)c(CN)c1C.